The van der Waals surface area contributed by atoms with Crippen molar-refractivity contribution in [2.24, 2.45) is 7.05 Å². The lowest BCUT2D eigenvalue weighted by Gasteiger charge is -2.27. The number of aromatic nitrogens is 2. The normalized spacial score (nSPS) is 26.7. The van der Waals surface area contributed by atoms with Crippen molar-refractivity contribution in [1.82, 2.24) is 9.78 Å². The highest BCUT2D eigenvalue weighted by atomic mass is 16.3. The van der Waals surface area contributed by atoms with Gasteiger partial charge in [0.15, 0.2) is 0 Å². The summed E-state index contributed by atoms with van der Waals surface area (Å²) in [7, 11) is 1.91. The van der Waals surface area contributed by atoms with Gasteiger partial charge in [0.25, 0.3) is 0 Å². The summed E-state index contributed by atoms with van der Waals surface area (Å²) >= 11 is 0. The van der Waals surface area contributed by atoms with E-state index in [2.05, 4.69) is 17.3 Å². The summed E-state index contributed by atoms with van der Waals surface area (Å²) in [5.74, 6) is 1.30. The summed E-state index contributed by atoms with van der Waals surface area (Å²) in [6.45, 7) is 2.34. The molecule has 2 rings (SSSR count). The minimum atomic E-state index is 0.213. The van der Waals surface area contributed by atoms with Gasteiger partial charge in [-0.25, -0.2) is 0 Å². The Labute approximate surface area is 77.6 Å². The van der Waals surface area contributed by atoms with Gasteiger partial charge in [-0.15, -0.1) is 0 Å². The molecule has 2 atom stereocenters. The second-order valence-electron chi connectivity index (χ2n) is 3.73. The van der Waals surface area contributed by atoms with E-state index in [0.717, 1.165) is 17.8 Å². The monoisotopic (exact) mass is 181 g/mol. The van der Waals surface area contributed by atoms with Gasteiger partial charge in [-0.3, -0.25) is 4.68 Å². The molecular formula is C9H15N3O. The Morgan fingerprint density at radius 2 is 2.54 bits per heavy atom. The molecular weight excluding hydrogens is 166 g/mol. The van der Waals surface area contributed by atoms with Gasteiger partial charge in [0.05, 0.1) is 12.8 Å². The van der Waals surface area contributed by atoms with E-state index < -0.39 is 0 Å². The van der Waals surface area contributed by atoms with E-state index in [1.807, 2.05) is 17.9 Å². The largest absolute Gasteiger partial charge is 0.396 e. The standard InChI is InChI=1S/C9H15N3O/c1-6-3-7(5-13)8-4-10-12(2)9(8)11-6/h4,6-7,11,13H,3,5H2,1-2H3. The fourth-order valence-corrected chi connectivity index (χ4v) is 1.95. The van der Waals surface area contributed by atoms with E-state index in [-0.39, 0.29) is 12.5 Å². The number of nitrogens with zero attached hydrogens (tertiary/aromatic N) is 2. The topological polar surface area (TPSA) is 50.1 Å². The Kier molecular flexibility index (Phi) is 2.00. The molecule has 0 saturated carbocycles. The predicted octanol–water partition coefficient (Wildman–Crippen LogP) is 0.700. The Hall–Kier alpha value is -1.03. The fraction of sp³-hybridized carbons (Fsp3) is 0.667. The molecule has 2 heterocycles. The van der Waals surface area contributed by atoms with Gasteiger partial charge < -0.3 is 10.4 Å². The third-order valence-electron chi connectivity index (χ3n) is 2.65. The molecule has 4 nitrogen and oxygen atoms in total. The first-order valence-electron chi connectivity index (χ1n) is 4.61. The second-order valence-corrected chi connectivity index (χ2v) is 3.73. The molecule has 1 aromatic rings. The zero-order valence-corrected chi connectivity index (χ0v) is 7.99. The summed E-state index contributed by atoms with van der Waals surface area (Å²) in [5, 5.41) is 16.7. The van der Waals surface area contributed by atoms with Crippen LogP contribution < -0.4 is 5.32 Å². The molecule has 0 amide bonds. The van der Waals surface area contributed by atoms with Crippen molar-refractivity contribution in [2.75, 3.05) is 11.9 Å². The Morgan fingerprint density at radius 3 is 3.23 bits per heavy atom. The van der Waals surface area contributed by atoms with Gasteiger partial charge in [0, 0.05) is 24.6 Å². The SMILES string of the molecule is CC1CC(CO)c2cnn(C)c2N1. The van der Waals surface area contributed by atoms with Crippen molar-refractivity contribution < 1.29 is 5.11 Å². The van der Waals surface area contributed by atoms with E-state index in [0.29, 0.717) is 6.04 Å². The number of aryl methyl sites for hydroxylation is 1. The van der Waals surface area contributed by atoms with Gasteiger partial charge in [0.2, 0.25) is 0 Å². The molecule has 0 bridgehead atoms. The number of aliphatic hydroxyl groups excluding tert-OH is 1. The quantitative estimate of drug-likeness (QED) is 0.670. The first-order valence-corrected chi connectivity index (χ1v) is 4.61. The summed E-state index contributed by atoms with van der Waals surface area (Å²) < 4.78 is 1.83. The molecule has 0 spiro atoms. The van der Waals surface area contributed by atoms with Gasteiger partial charge in [-0.05, 0) is 13.3 Å². The molecule has 2 N–H and O–H groups in total. The number of hydrogen-bond donors (Lipinski definition) is 2. The van der Waals surface area contributed by atoms with Crippen molar-refractivity contribution in [3.05, 3.63) is 11.8 Å². The number of hydrogen-bond acceptors (Lipinski definition) is 3. The fourth-order valence-electron chi connectivity index (χ4n) is 1.95. The number of aliphatic hydroxyl groups is 1. The van der Waals surface area contributed by atoms with Crippen LogP contribution in [-0.4, -0.2) is 27.5 Å². The Balaban J connectivity index is 2.38. The highest BCUT2D eigenvalue weighted by Crippen LogP contribution is 2.32. The van der Waals surface area contributed by atoms with Crippen LogP contribution >= 0.6 is 0 Å². The van der Waals surface area contributed by atoms with E-state index in [4.69, 9.17) is 0 Å². The van der Waals surface area contributed by atoms with Crippen LogP contribution in [0.1, 0.15) is 24.8 Å². The maximum atomic E-state index is 9.20. The smallest absolute Gasteiger partial charge is 0.127 e. The molecule has 0 saturated heterocycles. The van der Waals surface area contributed by atoms with Gasteiger partial charge >= 0.3 is 0 Å². The lowest BCUT2D eigenvalue weighted by atomic mass is 9.91. The van der Waals surface area contributed by atoms with Crippen molar-refractivity contribution in [3.8, 4) is 0 Å². The minimum Gasteiger partial charge on any atom is -0.396 e. The molecule has 0 radical (unpaired) electrons. The van der Waals surface area contributed by atoms with Crippen molar-refractivity contribution in [2.45, 2.75) is 25.3 Å². The first-order chi connectivity index (χ1) is 6.22. The number of anilines is 1. The predicted molar refractivity (Wildman–Crippen MR) is 50.7 cm³/mol. The van der Waals surface area contributed by atoms with Crippen LogP contribution in [0, 0.1) is 0 Å². The van der Waals surface area contributed by atoms with Crippen molar-refractivity contribution in [3.63, 3.8) is 0 Å². The zero-order chi connectivity index (χ0) is 9.42. The summed E-state index contributed by atoms with van der Waals surface area (Å²) in [5.41, 5.74) is 1.14. The average molecular weight is 181 g/mol. The molecule has 1 aromatic heterocycles. The molecule has 0 aliphatic carbocycles. The molecule has 0 fully saturated rings. The molecule has 1 aliphatic rings. The van der Waals surface area contributed by atoms with Crippen LogP contribution in [0.4, 0.5) is 5.82 Å². The third kappa shape index (κ3) is 1.31. The maximum absolute atomic E-state index is 9.20. The van der Waals surface area contributed by atoms with Crippen LogP contribution in [0.3, 0.4) is 0 Å². The number of fused-ring (bicyclic) bond motifs is 1. The van der Waals surface area contributed by atoms with Gasteiger partial charge in [0.1, 0.15) is 5.82 Å². The lowest BCUT2D eigenvalue weighted by Crippen LogP contribution is -2.27. The highest BCUT2D eigenvalue weighted by molar-refractivity contribution is 5.49. The summed E-state index contributed by atoms with van der Waals surface area (Å²) in [4.78, 5) is 0. The molecule has 72 valence electrons. The number of rotatable bonds is 1. The van der Waals surface area contributed by atoms with Crippen LogP contribution in [0.2, 0.25) is 0 Å². The Morgan fingerprint density at radius 1 is 1.77 bits per heavy atom. The Bertz CT molecular complexity index is 308. The van der Waals surface area contributed by atoms with Crippen LogP contribution in [0.15, 0.2) is 6.20 Å². The van der Waals surface area contributed by atoms with Crippen LogP contribution in [0.5, 0.6) is 0 Å². The molecule has 13 heavy (non-hydrogen) atoms. The van der Waals surface area contributed by atoms with E-state index in [1.54, 1.807) is 0 Å². The summed E-state index contributed by atoms with van der Waals surface area (Å²) in [6, 6.07) is 0.417. The van der Waals surface area contributed by atoms with Crippen molar-refractivity contribution in [1.29, 1.82) is 0 Å². The van der Waals surface area contributed by atoms with Gasteiger partial charge in [-0.1, -0.05) is 0 Å². The average Bonchev–Trinajstić information content (AvgIpc) is 2.47. The van der Waals surface area contributed by atoms with E-state index in [9.17, 15) is 5.11 Å². The highest BCUT2D eigenvalue weighted by Gasteiger charge is 2.26. The van der Waals surface area contributed by atoms with E-state index >= 15 is 0 Å². The van der Waals surface area contributed by atoms with E-state index in [1.165, 1.54) is 0 Å². The second kappa shape index (κ2) is 3.03. The molecule has 4 heteroatoms. The third-order valence-corrected chi connectivity index (χ3v) is 2.65. The number of nitrogens with one attached hydrogen (secondary N) is 1. The van der Waals surface area contributed by atoms with Crippen molar-refractivity contribution >= 4 is 5.82 Å². The van der Waals surface area contributed by atoms with Gasteiger partial charge in [-0.2, -0.15) is 5.10 Å². The van der Waals surface area contributed by atoms with Crippen LogP contribution in [0.25, 0.3) is 0 Å². The zero-order valence-electron chi connectivity index (χ0n) is 7.99. The first kappa shape index (κ1) is 8.56. The molecule has 1 aliphatic heterocycles. The van der Waals surface area contributed by atoms with Crippen LogP contribution in [-0.2, 0) is 7.05 Å². The molecule has 0 aromatic carbocycles. The summed E-state index contributed by atoms with van der Waals surface area (Å²) in [6.07, 6.45) is 2.82. The minimum absolute atomic E-state index is 0.213. The maximum Gasteiger partial charge on any atom is 0.127 e. The molecule has 2 unspecified atom stereocenters. The lowest BCUT2D eigenvalue weighted by molar-refractivity contribution is 0.253.